The number of piperazine rings is 1. The minimum Gasteiger partial charge on any atom is -0.336 e. The molecule has 1 aromatic heterocycles. The summed E-state index contributed by atoms with van der Waals surface area (Å²) in [6.07, 6.45) is 5.52. The van der Waals surface area contributed by atoms with Crippen molar-refractivity contribution in [1.82, 2.24) is 18.8 Å². The minimum absolute atomic E-state index is 0.378. The number of imidazole rings is 1. The highest BCUT2D eigenvalue weighted by atomic mass is 32.2. The molecule has 6 nitrogen and oxygen atoms in total. The summed E-state index contributed by atoms with van der Waals surface area (Å²) in [6, 6.07) is 13.2. The van der Waals surface area contributed by atoms with E-state index in [2.05, 4.69) is 9.88 Å². The zero-order valence-corrected chi connectivity index (χ0v) is 15.3. The molecule has 0 spiro atoms. The summed E-state index contributed by atoms with van der Waals surface area (Å²) in [5.41, 5.74) is 0. The number of nitrogens with zero attached hydrogens (tertiary/aromatic N) is 4. The molecule has 1 fully saturated rings. The van der Waals surface area contributed by atoms with E-state index in [0.717, 1.165) is 37.0 Å². The SMILES string of the molecule is O=S(=O)(c1ccc2ccccc2c1)N1CCN(CCn2ccnc2)CC1. The van der Waals surface area contributed by atoms with Crippen LogP contribution in [0.1, 0.15) is 0 Å². The molecule has 0 aliphatic carbocycles. The fraction of sp³-hybridized carbons (Fsp3) is 0.316. The highest BCUT2D eigenvalue weighted by molar-refractivity contribution is 7.89. The summed E-state index contributed by atoms with van der Waals surface area (Å²) in [5, 5.41) is 2.00. The number of fused-ring (bicyclic) bond motifs is 1. The van der Waals surface area contributed by atoms with Gasteiger partial charge in [-0.1, -0.05) is 30.3 Å². The molecule has 0 unspecified atom stereocenters. The van der Waals surface area contributed by atoms with Gasteiger partial charge in [-0.05, 0) is 22.9 Å². The van der Waals surface area contributed by atoms with Crippen LogP contribution >= 0.6 is 0 Å². The number of rotatable bonds is 5. The Labute approximate surface area is 153 Å². The number of hydrogen-bond acceptors (Lipinski definition) is 4. The van der Waals surface area contributed by atoms with E-state index in [0.29, 0.717) is 18.0 Å². The summed E-state index contributed by atoms with van der Waals surface area (Å²) >= 11 is 0. The summed E-state index contributed by atoms with van der Waals surface area (Å²) < 4.78 is 29.6. The first-order valence-electron chi connectivity index (χ1n) is 8.80. The van der Waals surface area contributed by atoms with Crippen LogP contribution < -0.4 is 0 Å². The molecule has 0 saturated carbocycles. The number of benzene rings is 2. The molecule has 136 valence electrons. The predicted molar refractivity (Wildman–Crippen MR) is 101 cm³/mol. The maximum atomic E-state index is 13.0. The van der Waals surface area contributed by atoms with Crippen LogP contribution in [0.5, 0.6) is 0 Å². The molecule has 3 aromatic rings. The minimum atomic E-state index is -3.44. The van der Waals surface area contributed by atoms with Crippen LogP contribution in [0.15, 0.2) is 66.1 Å². The monoisotopic (exact) mass is 370 g/mol. The van der Waals surface area contributed by atoms with Crippen LogP contribution in [0.25, 0.3) is 10.8 Å². The third-order valence-corrected chi connectivity index (χ3v) is 6.82. The maximum Gasteiger partial charge on any atom is 0.243 e. The van der Waals surface area contributed by atoms with E-state index in [1.54, 1.807) is 29.0 Å². The van der Waals surface area contributed by atoms with E-state index in [9.17, 15) is 8.42 Å². The first-order chi connectivity index (χ1) is 12.6. The quantitative estimate of drug-likeness (QED) is 0.690. The van der Waals surface area contributed by atoms with Gasteiger partial charge in [0.25, 0.3) is 0 Å². The van der Waals surface area contributed by atoms with Crippen molar-refractivity contribution in [3.63, 3.8) is 0 Å². The molecule has 1 aliphatic rings. The second kappa shape index (κ2) is 7.19. The Hall–Kier alpha value is -2.22. The molecule has 2 aromatic carbocycles. The van der Waals surface area contributed by atoms with E-state index in [-0.39, 0.29) is 0 Å². The predicted octanol–water partition coefficient (Wildman–Crippen LogP) is 2.04. The Bertz CT molecular complexity index is 978. The molecule has 0 amide bonds. The average Bonchev–Trinajstić information content (AvgIpc) is 3.20. The van der Waals surface area contributed by atoms with E-state index in [1.807, 2.05) is 41.1 Å². The molecule has 7 heteroatoms. The van der Waals surface area contributed by atoms with Gasteiger partial charge in [-0.15, -0.1) is 0 Å². The van der Waals surface area contributed by atoms with Crippen LogP contribution in [0, 0.1) is 0 Å². The van der Waals surface area contributed by atoms with E-state index in [1.165, 1.54) is 0 Å². The first kappa shape index (κ1) is 17.2. The van der Waals surface area contributed by atoms with Gasteiger partial charge in [0.1, 0.15) is 0 Å². The van der Waals surface area contributed by atoms with Crippen LogP contribution in [0.4, 0.5) is 0 Å². The fourth-order valence-electron chi connectivity index (χ4n) is 3.35. The van der Waals surface area contributed by atoms with Gasteiger partial charge in [-0.25, -0.2) is 13.4 Å². The molecule has 2 heterocycles. The molecule has 0 atom stereocenters. The summed E-state index contributed by atoms with van der Waals surface area (Å²) in [6.45, 7) is 4.33. The van der Waals surface area contributed by atoms with Crippen LogP contribution in [-0.2, 0) is 16.6 Å². The van der Waals surface area contributed by atoms with Crippen molar-refractivity contribution >= 4 is 20.8 Å². The molecule has 0 radical (unpaired) electrons. The lowest BCUT2D eigenvalue weighted by molar-refractivity contribution is 0.183. The van der Waals surface area contributed by atoms with Crippen molar-refractivity contribution in [2.24, 2.45) is 0 Å². The van der Waals surface area contributed by atoms with Gasteiger partial charge in [0.15, 0.2) is 0 Å². The summed E-state index contributed by atoms with van der Waals surface area (Å²) in [5.74, 6) is 0. The Kier molecular flexibility index (Phi) is 4.76. The van der Waals surface area contributed by atoms with E-state index >= 15 is 0 Å². The van der Waals surface area contributed by atoms with Gasteiger partial charge in [-0.3, -0.25) is 4.90 Å². The Morgan fingerprint density at radius 1 is 0.923 bits per heavy atom. The normalized spacial score (nSPS) is 16.9. The van der Waals surface area contributed by atoms with E-state index in [4.69, 9.17) is 0 Å². The molecule has 0 bridgehead atoms. The first-order valence-corrected chi connectivity index (χ1v) is 10.2. The molecule has 4 rings (SSSR count). The van der Waals surface area contributed by atoms with Crippen LogP contribution in [0.2, 0.25) is 0 Å². The van der Waals surface area contributed by atoms with Gasteiger partial charge >= 0.3 is 0 Å². The Morgan fingerprint density at radius 3 is 2.42 bits per heavy atom. The zero-order chi connectivity index (χ0) is 18.0. The topological polar surface area (TPSA) is 58.4 Å². The number of aromatic nitrogens is 2. The van der Waals surface area contributed by atoms with Gasteiger partial charge in [0, 0.05) is 51.7 Å². The molecule has 0 N–H and O–H groups in total. The van der Waals surface area contributed by atoms with Gasteiger partial charge in [-0.2, -0.15) is 4.31 Å². The van der Waals surface area contributed by atoms with Crippen molar-refractivity contribution in [3.05, 3.63) is 61.2 Å². The molecule has 1 saturated heterocycles. The van der Waals surface area contributed by atoms with Gasteiger partial charge in [0.05, 0.1) is 11.2 Å². The maximum absolute atomic E-state index is 13.0. The highest BCUT2D eigenvalue weighted by Gasteiger charge is 2.28. The number of sulfonamides is 1. The average molecular weight is 370 g/mol. The fourth-order valence-corrected chi connectivity index (χ4v) is 4.80. The third-order valence-electron chi connectivity index (χ3n) is 4.92. The largest absolute Gasteiger partial charge is 0.336 e. The Balaban J connectivity index is 1.42. The number of hydrogen-bond donors (Lipinski definition) is 0. The highest BCUT2D eigenvalue weighted by Crippen LogP contribution is 2.22. The molecule has 1 aliphatic heterocycles. The van der Waals surface area contributed by atoms with Crippen molar-refractivity contribution in [2.75, 3.05) is 32.7 Å². The molecule has 26 heavy (non-hydrogen) atoms. The van der Waals surface area contributed by atoms with Crippen LogP contribution in [0.3, 0.4) is 0 Å². The lowest BCUT2D eigenvalue weighted by Crippen LogP contribution is -2.49. The summed E-state index contributed by atoms with van der Waals surface area (Å²) in [4.78, 5) is 6.72. The van der Waals surface area contributed by atoms with Crippen molar-refractivity contribution in [3.8, 4) is 0 Å². The smallest absolute Gasteiger partial charge is 0.243 e. The van der Waals surface area contributed by atoms with Crippen molar-refractivity contribution in [1.29, 1.82) is 0 Å². The van der Waals surface area contributed by atoms with Crippen molar-refractivity contribution in [2.45, 2.75) is 11.4 Å². The molecular weight excluding hydrogens is 348 g/mol. The van der Waals surface area contributed by atoms with E-state index < -0.39 is 10.0 Å². The zero-order valence-electron chi connectivity index (χ0n) is 14.5. The lowest BCUT2D eigenvalue weighted by atomic mass is 10.1. The van der Waals surface area contributed by atoms with Crippen LogP contribution in [-0.4, -0.2) is 59.9 Å². The summed E-state index contributed by atoms with van der Waals surface area (Å²) in [7, 11) is -3.44. The van der Waals surface area contributed by atoms with Crippen molar-refractivity contribution < 1.29 is 8.42 Å². The third kappa shape index (κ3) is 3.51. The second-order valence-corrected chi connectivity index (χ2v) is 8.49. The Morgan fingerprint density at radius 2 is 1.69 bits per heavy atom. The standard InChI is InChI=1S/C19H22N4O2S/c24-26(25,19-6-5-17-3-1-2-4-18(17)15-19)23-13-11-21(12-14-23)9-10-22-8-7-20-16-22/h1-8,15-16H,9-14H2. The lowest BCUT2D eigenvalue weighted by Gasteiger charge is -2.34. The van der Waals surface area contributed by atoms with Gasteiger partial charge in [0.2, 0.25) is 10.0 Å². The molecular formula is C19H22N4O2S. The second-order valence-electron chi connectivity index (χ2n) is 6.56. The van der Waals surface area contributed by atoms with Gasteiger partial charge < -0.3 is 4.57 Å².